The SMILES string of the molecule is O=C(NCc1ccncc1)C1=NOC2(CCCN(C(=O)Cc3ccc(F)cc3)C2)C1.O=C(O)C(F)(F)F. The number of carboxylic acid groups (broad SMARTS) is 1. The fourth-order valence-electron chi connectivity index (χ4n) is 3.85. The topological polar surface area (TPSA) is 121 Å². The molecule has 1 fully saturated rings. The van der Waals surface area contributed by atoms with E-state index < -0.39 is 17.7 Å². The number of hydrogen-bond acceptors (Lipinski definition) is 6. The zero-order valence-corrected chi connectivity index (χ0v) is 19.5. The van der Waals surface area contributed by atoms with E-state index in [1.165, 1.54) is 12.1 Å². The molecule has 2 amide bonds. The summed E-state index contributed by atoms with van der Waals surface area (Å²) in [6, 6.07) is 9.61. The van der Waals surface area contributed by atoms with E-state index in [2.05, 4.69) is 15.5 Å². The van der Waals surface area contributed by atoms with Gasteiger partial charge in [0.25, 0.3) is 5.91 Å². The Morgan fingerprint density at radius 1 is 1.08 bits per heavy atom. The van der Waals surface area contributed by atoms with Crippen LogP contribution >= 0.6 is 0 Å². The highest BCUT2D eigenvalue weighted by Gasteiger charge is 2.45. The first-order valence-electron chi connectivity index (χ1n) is 11.2. The van der Waals surface area contributed by atoms with Crippen LogP contribution in [0.5, 0.6) is 0 Å². The molecule has 4 rings (SSSR count). The number of carbonyl (C=O) groups is 3. The molecule has 1 aromatic heterocycles. The van der Waals surface area contributed by atoms with Crippen molar-refractivity contribution in [2.24, 2.45) is 5.16 Å². The van der Waals surface area contributed by atoms with Crippen LogP contribution in [0, 0.1) is 5.82 Å². The zero-order chi connectivity index (χ0) is 27.1. The van der Waals surface area contributed by atoms with Crippen LogP contribution in [-0.4, -0.2) is 63.4 Å². The largest absolute Gasteiger partial charge is 0.490 e. The highest BCUT2D eigenvalue weighted by atomic mass is 19.4. The molecule has 1 aromatic carbocycles. The minimum absolute atomic E-state index is 0.0418. The number of carbonyl (C=O) groups excluding carboxylic acids is 2. The summed E-state index contributed by atoms with van der Waals surface area (Å²) in [7, 11) is 0. The van der Waals surface area contributed by atoms with E-state index in [0.717, 1.165) is 24.0 Å². The fourth-order valence-corrected chi connectivity index (χ4v) is 3.85. The first kappa shape index (κ1) is 27.6. The van der Waals surface area contributed by atoms with Crippen LogP contribution in [0.1, 0.15) is 30.4 Å². The van der Waals surface area contributed by atoms with E-state index in [1.807, 2.05) is 12.1 Å². The Balaban J connectivity index is 0.000000479. The Labute approximate surface area is 209 Å². The van der Waals surface area contributed by atoms with Crippen molar-refractivity contribution >= 4 is 23.5 Å². The molecule has 2 N–H and O–H groups in total. The van der Waals surface area contributed by atoms with Crippen molar-refractivity contribution in [1.29, 1.82) is 0 Å². The number of pyridine rings is 1. The summed E-state index contributed by atoms with van der Waals surface area (Å²) in [6.45, 7) is 1.40. The van der Waals surface area contributed by atoms with Gasteiger partial charge in [-0.05, 0) is 48.2 Å². The van der Waals surface area contributed by atoms with Crippen LogP contribution in [0.3, 0.4) is 0 Å². The summed E-state index contributed by atoms with van der Waals surface area (Å²) >= 11 is 0. The molecule has 1 atom stereocenters. The highest BCUT2D eigenvalue weighted by molar-refractivity contribution is 6.39. The zero-order valence-electron chi connectivity index (χ0n) is 19.5. The lowest BCUT2D eigenvalue weighted by Gasteiger charge is -2.38. The number of piperidine rings is 1. The van der Waals surface area contributed by atoms with Gasteiger partial charge in [0.1, 0.15) is 11.5 Å². The summed E-state index contributed by atoms with van der Waals surface area (Å²) in [6.07, 6.45) is 0.346. The number of hydrogen-bond donors (Lipinski definition) is 2. The van der Waals surface area contributed by atoms with Gasteiger partial charge in [-0.25, -0.2) is 9.18 Å². The second-order valence-corrected chi connectivity index (χ2v) is 8.55. The second kappa shape index (κ2) is 11.8. The normalized spacial score (nSPS) is 18.8. The van der Waals surface area contributed by atoms with Crippen LogP contribution in [0.2, 0.25) is 0 Å². The molecule has 0 bridgehead atoms. The fraction of sp³-hybridized carbons (Fsp3) is 0.375. The summed E-state index contributed by atoms with van der Waals surface area (Å²) in [5, 5.41) is 14.0. The van der Waals surface area contributed by atoms with Crippen LogP contribution in [-0.2, 0) is 32.2 Å². The molecule has 2 aliphatic heterocycles. The molecular formula is C24H24F4N4O5. The third-order valence-corrected chi connectivity index (χ3v) is 5.71. The number of nitrogens with zero attached hydrogens (tertiary/aromatic N) is 3. The number of likely N-dealkylation sites (tertiary alicyclic amines) is 1. The maximum Gasteiger partial charge on any atom is 0.490 e. The van der Waals surface area contributed by atoms with E-state index in [4.69, 9.17) is 14.7 Å². The van der Waals surface area contributed by atoms with Gasteiger partial charge in [0.2, 0.25) is 5.91 Å². The number of oxime groups is 1. The Kier molecular flexibility index (Phi) is 8.79. The standard InChI is InChI=1S/C22H23FN4O3.C2HF3O2/c23-18-4-2-16(3-5-18)12-20(28)27-11-1-8-22(15-27)13-19(26-30-22)21(29)25-14-17-6-9-24-10-7-17;3-2(4,5)1(6)7/h2-7,9-10H,1,8,11-15H2,(H,25,29);(H,6,7). The van der Waals surface area contributed by atoms with Gasteiger partial charge in [0.05, 0.1) is 13.0 Å². The molecule has 1 spiro atoms. The van der Waals surface area contributed by atoms with Crippen molar-refractivity contribution in [3.8, 4) is 0 Å². The molecule has 0 radical (unpaired) electrons. The molecule has 37 heavy (non-hydrogen) atoms. The lowest BCUT2D eigenvalue weighted by molar-refractivity contribution is -0.192. The summed E-state index contributed by atoms with van der Waals surface area (Å²) in [4.78, 5) is 45.5. The van der Waals surface area contributed by atoms with E-state index >= 15 is 0 Å². The molecule has 9 nitrogen and oxygen atoms in total. The number of benzene rings is 1. The summed E-state index contributed by atoms with van der Waals surface area (Å²) < 4.78 is 44.8. The number of carboxylic acids is 1. The minimum Gasteiger partial charge on any atom is -0.475 e. The number of aliphatic carboxylic acids is 1. The first-order valence-corrected chi connectivity index (χ1v) is 11.2. The molecule has 3 heterocycles. The molecule has 0 saturated carbocycles. The van der Waals surface area contributed by atoms with E-state index in [9.17, 15) is 27.2 Å². The smallest absolute Gasteiger partial charge is 0.475 e. The van der Waals surface area contributed by atoms with Gasteiger partial charge < -0.3 is 20.2 Å². The number of rotatable bonds is 5. The third-order valence-electron chi connectivity index (χ3n) is 5.71. The van der Waals surface area contributed by atoms with Gasteiger partial charge in [0.15, 0.2) is 5.60 Å². The Hall–Kier alpha value is -4.03. The summed E-state index contributed by atoms with van der Waals surface area (Å²) in [5.74, 6) is -3.39. The Morgan fingerprint density at radius 3 is 2.35 bits per heavy atom. The van der Waals surface area contributed by atoms with Crippen LogP contribution in [0.4, 0.5) is 17.6 Å². The average molecular weight is 524 g/mol. The predicted octanol–water partition coefficient (Wildman–Crippen LogP) is 2.85. The van der Waals surface area contributed by atoms with Crippen LogP contribution in [0.25, 0.3) is 0 Å². The number of nitrogens with one attached hydrogen (secondary N) is 1. The summed E-state index contributed by atoms with van der Waals surface area (Å²) in [5.41, 5.74) is 1.40. The predicted molar refractivity (Wildman–Crippen MR) is 122 cm³/mol. The van der Waals surface area contributed by atoms with Crippen molar-refractivity contribution < 1.29 is 41.9 Å². The number of halogens is 4. The lowest BCUT2D eigenvalue weighted by atomic mass is 9.87. The number of aromatic nitrogens is 1. The molecular weight excluding hydrogens is 500 g/mol. The third kappa shape index (κ3) is 7.98. The van der Waals surface area contributed by atoms with Crippen molar-refractivity contribution in [3.63, 3.8) is 0 Å². The number of amides is 2. The van der Waals surface area contributed by atoms with Crippen molar-refractivity contribution in [2.45, 2.75) is 44.0 Å². The molecule has 1 saturated heterocycles. The van der Waals surface area contributed by atoms with Gasteiger partial charge in [0, 0.05) is 31.9 Å². The molecule has 1 unspecified atom stereocenters. The highest BCUT2D eigenvalue weighted by Crippen LogP contribution is 2.33. The molecule has 13 heteroatoms. The first-order chi connectivity index (χ1) is 17.5. The van der Waals surface area contributed by atoms with Gasteiger partial charge in [-0.2, -0.15) is 13.2 Å². The quantitative estimate of drug-likeness (QED) is 0.581. The van der Waals surface area contributed by atoms with E-state index in [-0.39, 0.29) is 24.1 Å². The minimum atomic E-state index is -5.08. The van der Waals surface area contributed by atoms with Gasteiger partial charge >= 0.3 is 12.1 Å². The van der Waals surface area contributed by atoms with Crippen molar-refractivity contribution in [1.82, 2.24) is 15.2 Å². The molecule has 198 valence electrons. The van der Waals surface area contributed by atoms with Crippen molar-refractivity contribution in [2.75, 3.05) is 13.1 Å². The maximum absolute atomic E-state index is 13.1. The number of alkyl halides is 3. The monoisotopic (exact) mass is 524 g/mol. The molecule has 2 aromatic rings. The van der Waals surface area contributed by atoms with Crippen molar-refractivity contribution in [3.05, 3.63) is 65.7 Å². The molecule has 2 aliphatic rings. The maximum atomic E-state index is 13.1. The Morgan fingerprint density at radius 2 is 1.73 bits per heavy atom. The van der Waals surface area contributed by atoms with Gasteiger partial charge in [-0.15, -0.1) is 0 Å². The lowest BCUT2D eigenvalue weighted by Crippen LogP contribution is -2.51. The second-order valence-electron chi connectivity index (χ2n) is 8.55. The van der Waals surface area contributed by atoms with Crippen LogP contribution < -0.4 is 5.32 Å². The average Bonchev–Trinajstić information content (AvgIpc) is 3.27. The van der Waals surface area contributed by atoms with Gasteiger partial charge in [-0.3, -0.25) is 14.6 Å². The Bertz CT molecular complexity index is 1140. The van der Waals surface area contributed by atoms with Crippen LogP contribution in [0.15, 0.2) is 53.9 Å². The van der Waals surface area contributed by atoms with Gasteiger partial charge in [-0.1, -0.05) is 17.3 Å². The molecule has 0 aliphatic carbocycles. The van der Waals surface area contributed by atoms with E-state index in [0.29, 0.717) is 31.8 Å². The van der Waals surface area contributed by atoms with E-state index in [1.54, 1.807) is 29.4 Å².